The minimum Gasteiger partial charge on any atom is -0.355 e. The number of piperidine rings is 1. The summed E-state index contributed by atoms with van der Waals surface area (Å²) in [6.45, 7) is 2.47. The van der Waals surface area contributed by atoms with Gasteiger partial charge in [0.1, 0.15) is 11.6 Å². The fraction of sp³-hybridized carbons (Fsp3) is 0.615. The van der Waals surface area contributed by atoms with Crippen molar-refractivity contribution in [3.8, 4) is 0 Å². The van der Waals surface area contributed by atoms with Gasteiger partial charge >= 0.3 is 0 Å². The van der Waals surface area contributed by atoms with Gasteiger partial charge in [-0.25, -0.2) is 9.37 Å². The fourth-order valence-corrected chi connectivity index (χ4v) is 2.57. The number of pyridine rings is 1. The second-order valence-electron chi connectivity index (χ2n) is 5.01. The molecule has 2 rings (SSSR count). The second kappa shape index (κ2) is 5.63. The van der Waals surface area contributed by atoms with E-state index >= 15 is 0 Å². The molecule has 0 bridgehead atoms. The summed E-state index contributed by atoms with van der Waals surface area (Å²) in [4.78, 5) is 8.65. The first-order valence-electron chi connectivity index (χ1n) is 6.37. The highest BCUT2D eigenvalue weighted by atomic mass is 19.1. The topological polar surface area (TPSA) is 45.4 Å². The van der Waals surface area contributed by atoms with Gasteiger partial charge in [-0.05, 0) is 32.5 Å². The Kier molecular flexibility index (Phi) is 4.14. The molecular weight excluding hydrogens is 231 g/mol. The van der Waals surface area contributed by atoms with E-state index in [-0.39, 0.29) is 5.82 Å². The molecule has 1 atom stereocenters. The van der Waals surface area contributed by atoms with Gasteiger partial charge in [-0.15, -0.1) is 0 Å². The first kappa shape index (κ1) is 13.2. The van der Waals surface area contributed by atoms with Crippen LogP contribution in [0, 0.1) is 5.82 Å². The van der Waals surface area contributed by atoms with E-state index in [0.717, 1.165) is 30.9 Å². The molecule has 0 radical (unpaired) electrons. The lowest BCUT2D eigenvalue weighted by molar-refractivity contribution is 0.247. The van der Waals surface area contributed by atoms with Gasteiger partial charge in [-0.3, -0.25) is 0 Å². The van der Waals surface area contributed by atoms with Crippen LogP contribution >= 0.6 is 0 Å². The van der Waals surface area contributed by atoms with E-state index < -0.39 is 0 Å². The van der Waals surface area contributed by atoms with Gasteiger partial charge < -0.3 is 15.5 Å². The number of anilines is 1. The molecule has 4 nitrogen and oxygen atoms in total. The number of rotatable bonds is 3. The summed E-state index contributed by atoms with van der Waals surface area (Å²) in [5, 5.41) is 0. The Morgan fingerprint density at radius 2 is 2.39 bits per heavy atom. The zero-order valence-corrected chi connectivity index (χ0v) is 11.1. The van der Waals surface area contributed by atoms with Crippen LogP contribution in [0.1, 0.15) is 18.4 Å². The molecular formula is C13H21FN4. The third-order valence-electron chi connectivity index (χ3n) is 3.61. The van der Waals surface area contributed by atoms with Crippen LogP contribution in [0.4, 0.5) is 10.2 Å². The molecule has 1 aromatic heterocycles. The highest BCUT2D eigenvalue weighted by Gasteiger charge is 2.23. The van der Waals surface area contributed by atoms with Crippen molar-refractivity contribution < 1.29 is 4.39 Å². The molecule has 0 amide bonds. The summed E-state index contributed by atoms with van der Waals surface area (Å²) < 4.78 is 13.2. The molecule has 18 heavy (non-hydrogen) atoms. The van der Waals surface area contributed by atoms with Gasteiger partial charge in [0.05, 0.1) is 6.20 Å². The molecule has 0 saturated carbocycles. The molecule has 1 fully saturated rings. The van der Waals surface area contributed by atoms with Crippen LogP contribution in [0.2, 0.25) is 0 Å². The summed E-state index contributed by atoms with van der Waals surface area (Å²) >= 11 is 0. The molecule has 2 heterocycles. The quantitative estimate of drug-likeness (QED) is 0.878. The first-order valence-corrected chi connectivity index (χ1v) is 6.37. The molecule has 0 aromatic carbocycles. The summed E-state index contributed by atoms with van der Waals surface area (Å²) in [7, 11) is 4.14. The summed E-state index contributed by atoms with van der Waals surface area (Å²) in [5.41, 5.74) is 6.44. The van der Waals surface area contributed by atoms with Crippen molar-refractivity contribution >= 4 is 5.82 Å². The molecule has 0 spiro atoms. The molecule has 0 aliphatic carbocycles. The SMILES string of the molecule is CN1CCCC(N(C)c2ncc(F)cc2CN)C1. The summed E-state index contributed by atoms with van der Waals surface area (Å²) in [6, 6.07) is 1.90. The van der Waals surface area contributed by atoms with Gasteiger partial charge in [0.25, 0.3) is 0 Å². The molecule has 1 saturated heterocycles. The molecule has 1 aliphatic rings. The van der Waals surface area contributed by atoms with Crippen LogP contribution in [-0.4, -0.2) is 43.1 Å². The van der Waals surface area contributed by atoms with E-state index in [1.807, 2.05) is 7.05 Å². The van der Waals surface area contributed by atoms with Crippen LogP contribution in [0.25, 0.3) is 0 Å². The Balaban J connectivity index is 2.19. The van der Waals surface area contributed by atoms with Gasteiger partial charge in [0, 0.05) is 31.7 Å². The highest BCUT2D eigenvalue weighted by molar-refractivity contribution is 5.47. The zero-order valence-electron chi connectivity index (χ0n) is 11.1. The maximum absolute atomic E-state index is 13.2. The van der Waals surface area contributed by atoms with Crippen LogP contribution in [-0.2, 0) is 6.54 Å². The van der Waals surface area contributed by atoms with E-state index in [9.17, 15) is 4.39 Å². The van der Waals surface area contributed by atoms with Crippen LogP contribution in [0.15, 0.2) is 12.3 Å². The molecule has 1 unspecified atom stereocenters. The van der Waals surface area contributed by atoms with Crippen molar-refractivity contribution in [3.05, 3.63) is 23.6 Å². The van der Waals surface area contributed by atoms with E-state index in [4.69, 9.17) is 5.73 Å². The van der Waals surface area contributed by atoms with Crippen molar-refractivity contribution in [1.82, 2.24) is 9.88 Å². The minimum absolute atomic E-state index is 0.312. The lowest BCUT2D eigenvalue weighted by atomic mass is 10.0. The van der Waals surface area contributed by atoms with Gasteiger partial charge in [0.2, 0.25) is 0 Å². The lowest BCUT2D eigenvalue weighted by Gasteiger charge is -2.37. The molecule has 1 aliphatic heterocycles. The maximum atomic E-state index is 13.2. The second-order valence-corrected chi connectivity index (χ2v) is 5.01. The Labute approximate surface area is 108 Å². The van der Waals surface area contributed by atoms with Gasteiger partial charge in [0.15, 0.2) is 0 Å². The summed E-state index contributed by atoms with van der Waals surface area (Å²) in [6.07, 6.45) is 3.59. The fourth-order valence-electron chi connectivity index (χ4n) is 2.57. The van der Waals surface area contributed by atoms with Crippen molar-refractivity contribution in [2.45, 2.75) is 25.4 Å². The predicted molar refractivity (Wildman–Crippen MR) is 71.0 cm³/mol. The molecule has 1 aromatic rings. The van der Waals surface area contributed by atoms with Crippen molar-refractivity contribution in [2.75, 3.05) is 32.1 Å². The zero-order chi connectivity index (χ0) is 13.1. The van der Waals surface area contributed by atoms with Gasteiger partial charge in [-0.2, -0.15) is 0 Å². The third kappa shape index (κ3) is 2.79. The lowest BCUT2D eigenvalue weighted by Crippen LogP contribution is -2.45. The van der Waals surface area contributed by atoms with Crippen LogP contribution < -0.4 is 10.6 Å². The number of likely N-dealkylation sites (tertiary alicyclic amines) is 1. The van der Waals surface area contributed by atoms with Crippen LogP contribution in [0.3, 0.4) is 0 Å². The Hall–Kier alpha value is -1.20. The number of hydrogen-bond donors (Lipinski definition) is 1. The third-order valence-corrected chi connectivity index (χ3v) is 3.61. The maximum Gasteiger partial charge on any atom is 0.141 e. The number of hydrogen-bond acceptors (Lipinski definition) is 4. The molecule has 100 valence electrons. The van der Waals surface area contributed by atoms with E-state index in [1.54, 1.807) is 0 Å². The Bertz CT molecular complexity index is 410. The van der Waals surface area contributed by atoms with E-state index in [2.05, 4.69) is 21.8 Å². The number of likely N-dealkylation sites (N-methyl/N-ethyl adjacent to an activating group) is 2. The Morgan fingerprint density at radius 3 is 3.06 bits per heavy atom. The smallest absolute Gasteiger partial charge is 0.141 e. The Morgan fingerprint density at radius 1 is 1.61 bits per heavy atom. The highest BCUT2D eigenvalue weighted by Crippen LogP contribution is 2.22. The van der Waals surface area contributed by atoms with Crippen molar-refractivity contribution in [3.63, 3.8) is 0 Å². The standard InChI is InChI=1S/C13H21FN4/c1-17-5-3-4-12(9-17)18(2)13-10(7-15)6-11(14)8-16-13/h6,8,12H,3-5,7,9,15H2,1-2H3. The number of nitrogens with two attached hydrogens (primary N) is 1. The van der Waals surface area contributed by atoms with E-state index in [1.165, 1.54) is 18.7 Å². The van der Waals surface area contributed by atoms with Crippen molar-refractivity contribution in [1.29, 1.82) is 0 Å². The van der Waals surface area contributed by atoms with E-state index in [0.29, 0.717) is 12.6 Å². The minimum atomic E-state index is -0.326. The number of nitrogens with zero attached hydrogens (tertiary/aromatic N) is 3. The number of aromatic nitrogens is 1. The van der Waals surface area contributed by atoms with Gasteiger partial charge in [-0.1, -0.05) is 0 Å². The summed E-state index contributed by atoms with van der Waals surface area (Å²) in [5.74, 6) is 0.479. The molecule has 5 heteroatoms. The van der Waals surface area contributed by atoms with Crippen molar-refractivity contribution in [2.24, 2.45) is 5.73 Å². The average Bonchev–Trinajstić information content (AvgIpc) is 2.37. The average molecular weight is 252 g/mol. The number of halogens is 1. The first-order chi connectivity index (χ1) is 8.61. The normalized spacial score (nSPS) is 21.0. The van der Waals surface area contributed by atoms with Crippen LogP contribution in [0.5, 0.6) is 0 Å². The largest absolute Gasteiger partial charge is 0.355 e. The molecule has 2 N–H and O–H groups in total. The monoisotopic (exact) mass is 252 g/mol. The predicted octanol–water partition coefficient (Wildman–Crippen LogP) is 1.21.